The topological polar surface area (TPSA) is 68.7 Å². The molecule has 1 saturated carbocycles. The lowest BCUT2D eigenvalue weighted by Crippen LogP contribution is -2.12. The number of benzene rings is 2. The van der Waals surface area contributed by atoms with E-state index < -0.39 is 0 Å². The van der Waals surface area contributed by atoms with Crippen molar-refractivity contribution in [2.24, 2.45) is 0 Å². The molecule has 4 aromatic rings. The van der Waals surface area contributed by atoms with Crippen LogP contribution in [0.3, 0.4) is 0 Å². The lowest BCUT2D eigenvalue weighted by atomic mass is 9.85. The standard InChI is InChI=1S/C24H25N5O/c1-28(2)18-7-4-8-20(15-18)30-19-11-9-16(10-12-19)21-22-23(25)26-13-14-29(22)24(27-21)17-5-3-6-17/h4,7-15,17H,3,5-6H2,1-2H3,(H2,25,26). The van der Waals surface area contributed by atoms with Gasteiger partial charge in [-0.2, -0.15) is 0 Å². The molecule has 6 nitrogen and oxygen atoms in total. The summed E-state index contributed by atoms with van der Waals surface area (Å²) in [6.45, 7) is 0. The Morgan fingerprint density at radius 1 is 1.07 bits per heavy atom. The summed E-state index contributed by atoms with van der Waals surface area (Å²) in [6.07, 6.45) is 7.33. The normalized spacial score (nSPS) is 13.9. The first-order valence-electron chi connectivity index (χ1n) is 10.3. The number of fused-ring (bicyclic) bond motifs is 1. The maximum atomic E-state index is 6.24. The van der Waals surface area contributed by atoms with Crippen LogP contribution in [-0.4, -0.2) is 28.5 Å². The minimum Gasteiger partial charge on any atom is -0.457 e. The third kappa shape index (κ3) is 3.24. The predicted octanol–water partition coefficient (Wildman–Crippen LogP) is 5.10. The Kier molecular flexibility index (Phi) is 4.54. The molecule has 0 amide bonds. The number of nitrogen functional groups attached to an aromatic ring is 1. The van der Waals surface area contributed by atoms with Gasteiger partial charge in [0.05, 0.1) is 0 Å². The van der Waals surface area contributed by atoms with Gasteiger partial charge in [0.1, 0.15) is 34.4 Å². The fourth-order valence-corrected chi connectivity index (χ4v) is 3.88. The van der Waals surface area contributed by atoms with Crippen molar-refractivity contribution in [1.29, 1.82) is 0 Å². The summed E-state index contributed by atoms with van der Waals surface area (Å²) >= 11 is 0. The maximum absolute atomic E-state index is 6.24. The van der Waals surface area contributed by atoms with Crippen molar-refractivity contribution in [3.05, 3.63) is 66.7 Å². The van der Waals surface area contributed by atoms with Gasteiger partial charge in [-0.25, -0.2) is 9.97 Å². The van der Waals surface area contributed by atoms with E-state index in [1.54, 1.807) is 6.20 Å². The van der Waals surface area contributed by atoms with Crippen LogP contribution in [0.2, 0.25) is 0 Å². The molecule has 0 unspecified atom stereocenters. The summed E-state index contributed by atoms with van der Waals surface area (Å²) in [4.78, 5) is 11.3. The molecule has 2 heterocycles. The van der Waals surface area contributed by atoms with Gasteiger partial charge in [-0.1, -0.05) is 12.5 Å². The summed E-state index contributed by atoms with van der Waals surface area (Å²) in [5.74, 6) is 3.68. The van der Waals surface area contributed by atoms with Gasteiger partial charge >= 0.3 is 0 Å². The zero-order chi connectivity index (χ0) is 20.7. The van der Waals surface area contributed by atoms with Crippen LogP contribution in [0.25, 0.3) is 16.8 Å². The molecule has 152 valence electrons. The number of nitrogens with two attached hydrogens (primary N) is 1. The first kappa shape index (κ1) is 18.5. The van der Waals surface area contributed by atoms with Gasteiger partial charge in [-0.15, -0.1) is 0 Å². The largest absolute Gasteiger partial charge is 0.457 e. The maximum Gasteiger partial charge on any atom is 0.150 e. The fourth-order valence-electron chi connectivity index (χ4n) is 3.88. The van der Waals surface area contributed by atoms with Crippen LogP contribution in [0.4, 0.5) is 11.5 Å². The second-order valence-electron chi connectivity index (χ2n) is 8.00. The smallest absolute Gasteiger partial charge is 0.150 e. The molecular weight excluding hydrogens is 374 g/mol. The molecule has 5 rings (SSSR count). The zero-order valence-electron chi connectivity index (χ0n) is 17.2. The Balaban J connectivity index is 1.47. The van der Waals surface area contributed by atoms with Crippen LogP contribution in [0, 0.1) is 0 Å². The second kappa shape index (κ2) is 7.37. The highest BCUT2D eigenvalue weighted by atomic mass is 16.5. The van der Waals surface area contributed by atoms with Crippen molar-refractivity contribution in [2.75, 3.05) is 24.7 Å². The lowest BCUT2D eigenvalue weighted by molar-refractivity contribution is 0.400. The van der Waals surface area contributed by atoms with E-state index in [1.807, 2.05) is 62.8 Å². The Morgan fingerprint density at radius 2 is 1.87 bits per heavy atom. The SMILES string of the molecule is CN(C)c1cccc(Oc2ccc(-c3nc(C4CCC4)n4ccnc(N)c34)cc2)c1. The molecule has 2 aromatic heterocycles. The number of aromatic nitrogens is 3. The van der Waals surface area contributed by atoms with Crippen molar-refractivity contribution in [3.63, 3.8) is 0 Å². The number of hydrogen-bond acceptors (Lipinski definition) is 5. The van der Waals surface area contributed by atoms with E-state index >= 15 is 0 Å². The van der Waals surface area contributed by atoms with Gasteiger partial charge < -0.3 is 15.4 Å². The molecule has 1 fully saturated rings. The molecule has 1 aliphatic carbocycles. The molecule has 30 heavy (non-hydrogen) atoms. The number of rotatable bonds is 5. The zero-order valence-corrected chi connectivity index (χ0v) is 17.2. The van der Waals surface area contributed by atoms with Gasteiger partial charge in [0.15, 0.2) is 0 Å². The molecule has 0 saturated heterocycles. The highest BCUT2D eigenvalue weighted by Crippen LogP contribution is 2.39. The molecule has 0 bridgehead atoms. The molecule has 6 heteroatoms. The van der Waals surface area contributed by atoms with Crippen molar-refractivity contribution < 1.29 is 4.74 Å². The number of ether oxygens (including phenoxy) is 1. The number of anilines is 2. The van der Waals surface area contributed by atoms with E-state index in [2.05, 4.69) is 20.4 Å². The molecule has 2 N–H and O–H groups in total. The molecule has 0 aliphatic heterocycles. The Hall–Kier alpha value is -3.54. The second-order valence-corrected chi connectivity index (χ2v) is 8.00. The average Bonchev–Trinajstić information content (AvgIpc) is 3.08. The predicted molar refractivity (Wildman–Crippen MR) is 120 cm³/mol. The summed E-state index contributed by atoms with van der Waals surface area (Å²) in [7, 11) is 4.03. The van der Waals surface area contributed by atoms with Crippen molar-refractivity contribution in [2.45, 2.75) is 25.2 Å². The van der Waals surface area contributed by atoms with Gasteiger partial charge in [0.25, 0.3) is 0 Å². The monoisotopic (exact) mass is 399 g/mol. The number of hydrogen-bond donors (Lipinski definition) is 1. The van der Waals surface area contributed by atoms with E-state index in [0.29, 0.717) is 11.7 Å². The Bertz CT molecular complexity index is 1190. The molecule has 0 radical (unpaired) electrons. The first-order valence-corrected chi connectivity index (χ1v) is 10.3. The molecule has 0 atom stereocenters. The quantitative estimate of drug-likeness (QED) is 0.505. The van der Waals surface area contributed by atoms with Crippen LogP contribution >= 0.6 is 0 Å². The van der Waals surface area contributed by atoms with E-state index in [0.717, 1.165) is 39.8 Å². The van der Waals surface area contributed by atoms with Crippen LogP contribution in [0.15, 0.2) is 60.9 Å². The third-order valence-corrected chi connectivity index (χ3v) is 5.78. The van der Waals surface area contributed by atoms with Crippen LogP contribution < -0.4 is 15.4 Å². The van der Waals surface area contributed by atoms with Crippen LogP contribution in [0.5, 0.6) is 11.5 Å². The van der Waals surface area contributed by atoms with E-state index in [4.69, 9.17) is 15.5 Å². The Labute approximate surface area is 176 Å². The van der Waals surface area contributed by atoms with Crippen molar-refractivity contribution in [1.82, 2.24) is 14.4 Å². The molecule has 1 aliphatic rings. The average molecular weight is 399 g/mol. The Morgan fingerprint density at radius 3 is 2.57 bits per heavy atom. The first-order chi connectivity index (χ1) is 14.6. The van der Waals surface area contributed by atoms with Gasteiger partial charge in [-0.05, 0) is 49.2 Å². The molecule has 0 spiro atoms. The fraction of sp³-hybridized carbons (Fsp3) is 0.250. The van der Waals surface area contributed by atoms with Crippen LogP contribution in [-0.2, 0) is 0 Å². The van der Waals surface area contributed by atoms with Gasteiger partial charge in [-0.3, -0.25) is 4.40 Å². The van der Waals surface area contributed by atoms with Gasteiger partial charge in [0.2, 0.25) is 0 Å². The highest BCUT2D eigenvalue weighted by Gasteiger charge is 2.26. The number of imidazole rings is 1. The highest BCUT2D eigenvalue weighted by molar-refractivity contribution is 5.85. The summed E-state index contributed by atoms with van der Waals surface area (Å²) in [6, 6.07) is 16.0. The van der Waals surface area contributed by atoms with E-state index in [1.165, 1.54) is 19.3 Å². The summed E-state index contributed by atoms with van der Waals surface area (Å²) in [5.41, 5.74) is 10.1. The summed E-state index contributed by atoms with van der Waals surface area (Å²) < 4.78 is 8.16. The minimum atomic E-state index is 0.500. The molecular formula is C24H25N5O. The third-order valence-electron chi connectivity index (χ3n) is 5.78. The van der Waals surface area contributed by atoms with E-state index in [-0.39, 0.29) is 0 Å². The lowest BCUT2D eigenvalue weighted by Gasteiger charge is -2.23. The summed E-state index contributed by atoms with van der Waals surface area (Å²) in [5, 5.41) is 0. The van der Waals surface area contributed by atoms with E-state index in [9.17, 15) is 0 Å². The van der Waals surface area contributed by atoms with Gasteiger partial charge in [0, 0.05) is 49.7 Å². The van der Waals surface area contributed by atoms with Crippen molar-refractivity contribution >= 4 is 17.0 Å². The number of nitrogens with zero attached hydrogens (tertiary/aromatic N) is 4. The molecule has 2 aromatic carbocycles. The van der Waals surface area contributed by atoms with Crippen molar-refractivity contribution in [3.8, 4) is 22.8 Å². The van der Waals surface area contributed by atoms with Crippen LogP contribution in [0.1, 0.15) is 31.0 Å². The minimum absolute atomic E-state index is 0.500.